The summed E-state index contributed by atoms with van der Waals surface area (Å²) >= 11 is 0. The van der Waals surface area contributed by atoms with Gasteiger partial charge >= 0.3 is 0 Å². The van der Waals surface area contributed by atoms with Crippen molar-refractivity contribution in [1.29, 1.82) is 0 Å². The number of hydrogen-bond donors (Lipinski definition) is 1. The average molecular weight is 258 g/mol. The minimum atomic E-state index is -0.354. The summed E-state index contributed by atoms with van der Waals surface area (Å²) in [5.41, 5.74) is 7.54. The summed E-state index contributed by atoms with van der Waals surface area (Å²) in [6, 6.07) is 10.3. The van der Waals surface area contributed by atoms with Crippen molar-refractivity contribution < 1.29 is 0 Å². The molecule has 1 rings (SSSR count). The largest absolute Gasteiger partial charge is 0.320 e. The molecule has 1 aromatic carbocycles. The minimum Gasteiger partial charge on any atom is -0.320 e. The van der Waals surface area contributed by atoms with Crippen LogP contribution >= 0.6 is 0 Å². The molecule has 1 aromatic rings. The summed E-state index contributed by atoms with van der Waals surface area (Å²) in [5.74, 6) is 0.354. The molecule has 104 valence electrons. The van der Waals surface area contributed by atoms with E-state index in [1.54, 1.807) is 0 Å². The van der Waals surface area contributed by atoms with Crippen molar-refractivity contribution in [3.8, 4) is 0 Å². The van der Waals surface area contributed by atoms with Crippen LogP contribution < -0.4 is 5.73 Å². The topological polar surface area (TPSA) is 29.3 Å². The first-order valence-corrected chi connectivity index (χ1v) is 6.83. The average Bonchev–Trinajstić information content (AvgIpc) is 2.40. The molecular weight excluding hydrogens is 232 g/mol. The maximum Gasteiger partial charge on any atom is 0.0562 e. The monoisotopic (exact) mass is 258 g/mol. The van der Waals surface area contributed by atoms with Gasteiger partial charge in [-0.25, -0.2) is 0 Å². The van der Waals surface area contributed by atoms with Gasteiger partial charge in [-0.2, -0.15) is 0 Å². The van der Waals surface area contributed by atoms with Crippen LogP contribution in [0.5, 0.6) is 0 Å². The molecule has 0 saturated heterocycles. The summed E-state index contributed by atoms with van der Waals surface area (Å²) in [5, 5.41) is 0. The van der Waals surface area contributed by atoms with Crippen molar-refractivity contribution in [2.75, 3.05) is 19.6 Å². The second kappa shape index (κ2) is 7.27. The fourth-order valence-corrected chi connectivity index (χ4v) is 2.29. The third-order valence-electron chi connectivity index (χ3n) is 3.60. The van der Waals surface area contributed by atoms with Gasteiger partial charge in [-0.15, -0.1) is 13.2 Å². The SMILES string of the molecule is C=CCN(CC=C)CC(N)(c1ccccc1)C(C)C. The van der Waals surface area contributed by atoms with Crippen LogP contribution in [0, 0.1) is 5.92 Å². The number of benzene rings is 1. The molecule has 0 aromatic heterocycles. The Kier molecular flexibility index (Phi) is 6.00. The molecule has 1 unspecified atom stereocenters. The van der Waals surface area contributed by atoms with Gasteiger partial charge in [0.1, 0.15) is 0 Å². The maximum atomic E-state index is 6.71. The van der Waals surface area contributed by atoms with Gasteiger partial charge in [-0.05, 0) is 11.5 Å². The standard InChI is InChI=1S/C17H26N2/c1-5-12-19(13-6-2)14-17(18,15(3)4)16-10-8-7-9-11-16/h5-11,15H,1-2,12-14,18H2,3-4H3. The smallest absolute Gasteiger partial charge is 0.0562 e. The summed E-state index contributed by atoms with van der Waals surface area (Å²) in [4.78, 5) is 2.27. The molecule has 0 heterocycles. The van der Waals surface area contributed by atoms with E-state index in [-0.39, 0.29) is 5.54 Å². The summed E-state index contributed by atoms with van der Waals surface area (Å²) in [6.07, 6.45) is 3.82. The Bertz CT molecular complexity index is 387. The van der Waals surface area contributed by atoms with E-state index >= 15 is 0 Å². The van der Waals surface area contributed by atoms with Gasteiger partial charge < -0.3 is 5.73 Å². The molecule has 1 atom stereocenters. The van der Waals surface area contributed by atoms with Crippen molar-refractivity contribution >= 4 is 0 Å². The first kappa shape index (κ1) is 15.7. The van der Waals surface area contributed by atoms with Crippen molar-refractivity contribution in [3.05, 3.63) is 61.2 Å². The molecule has 0 aliphatic rings. The minimum absolute atomic E-state index is 0.354. The third kappa shape index (κ3) is 4.05. The first-order chi connectivity index (χ1) is 9.04. The maximum absolute atomic E-state index is 6.71. The molecule has 2 N–H and O–H groups in total. The molecule has 19 heavy (non-hydrogen) atoms. The molecule has 0 amide bonds. The highest BCUT2D eigenvalue weighted by Crippen LogP contribution is 2.27. The second-order valence-corrected chi connectivity index (χ2v) is 5.33. The van der Waals surface area contributed by atoms with E-state index in [4.69, 9.17) is 5.73 Å². The van der Waals surface area contributed by atoms with Crippen molar-refractivity contribution in [1.82, 2.24) is 4.90 Å². The highest BCUT2D eigenvalue weighted by Gasteiger charge is 2.32. The Balaban J connectivity index is 2.99. The Morgan fingerprint density at radius 3 is 2.11 bits per heavy atom. The highest BCUT2D eigenvalue weighted by atomic mass is 15.1. The lowest BCUT2D eigenvalue weighted by Gasteiger charge is -2.38. The summed E-state index contributed by atoms with van der Waals surface area (Å²) in [7, 11) is 0. The summed E-state index contributed by atoms with van der Waals surface area (Å²) in [6.45, 7) is 14.4. The molecule has 2 heteroatoms. The van der Waals surface area contributed by atoms with Gasteiger partial charge in [-0.1, -0.05) is 56.3 Å². The van der Waals surface area contributed by atoms with Crippen molar-refractivity contribution in [2.24, 2.45) is 11.7 Å². The second-order valence-electron chi connectivity index (χ2n) is 5.33. The molecule has 0 aliphatic carbocycles. The van der Waals surface area contributed by atoms with Gasteiger partial charge in [0.15, 0.2) is 0 Å². The van der Waals surface area contributed by atoms with E-state index in [1.807, 2.05) is 30.4 Å². The molecule has 0 radical (unpaired) electrons. The normalized spacial score (nSPS) is 14.4. The molecule has 0 fully saturated rings. The van der Waals surface area contributed by atoms with E-state index in [0.29, 0.717) is 5.92 Å². The first-order valence-electron chi connectivity index (χ1n) is 6.83. The van der Waals surface area contributed by atoms with E-state index in [1.165, 1.54) is 5.56 Å². The molecule has 0 spiro atoms. The number of hydrogen-bond acceptors (Lipinski definition) is 2. The highest BCUT2D eigenvalue weighted by molar-refractivity contribution is 5.25. The molecule has 2 nitrogen and oxygen atoms in total. The van der Waals surface area contributed by atoms with Crippen molar-refractivity contribution in [2.45, 2.75) is 19.4 Å². The number of rotatable bonds is 8. The summed E-state index contributed by atoms with van der Waals surface area (Å²) < 4.78 is 0. The third-order valence-corrected chi connectivity index (χ3v) is 3.60. The molecular formula is C17H26N2. The number of nitrogens with zero attached hydrogens (tertiary/aromatic N) is 1. The lowest BCUT2D eigenvalue weighted by Crippen LogP contribution is -2.51. The van der Waals surface area contributed by atoms with Gasteiger partial charge in [0, 0.05) is 19.6 Å². The van der Waals surface area contributed by atoms with Crippen LogP contribution in [0.25, 0.3) is 0 Å². The predicted molar refractivity (Wildman–Crippen MR) is 84.0 cm³/mol. The van der Waals surface area contributed by atoms with Crippen LogP contribution in [0.1, 0.15) is 19.4 Å². The number of nitrogens with two attached hydrogens (primary N) is 1. The van der Waals surface area contributed by atoms with Gasteiger partial charge in [0.2, 0.25) is 0 Å². The van der Waals surface area contributed by atoms with E-state index < -0.39 is 0 Å². The fourth-order valence-electron chi connectivity index (χ4n) is 2.29. The zero-order chi connectivity index (χ0) is 14.3. The van der Waals surface area contributed by atoms with E-state index in [2.05, 4.69) is 44.0 Å². The quantitative estimate of drug-likeness (QED) is 0.726. The van der Waals surface area contributed by atoms with Crippen LogP contribution in [0.2, 0.25) is 0 Å². The van der Waals surface area contributed by atoms with Gasteiger partial charge in [0.25, 0.3) is 0 Å². The van der Waals surface area contributed by atoms with E-state index in [9.17, 15) is 0 Å². The Morgan fingerprint density at radius 2 is 1.68 bits per heavy atom. The zero-order valence-electron chi connectivity index (χ0n) is 12.2. The Morgan fingerprint density at radius 1 is 1.16 bits per heavy atom. The van der Waals surface area contributed by atoms with Gasteiger partial charge in [0.05, 0.1) is 5.54 Å². The lowest BCUT2D eigenvalue weighted by atomic mass is 9.80. The molecule has 0 bridgehead atoms. The van der Waals surface area contributed by atoms with Crippen LogP contribution in [-0.2, 0) is 5.54 Å². The Labute approximate surface area is 117 Å². The van der Waals surface area contributed by atoms with Crippen LogP contribution in [-0.4, -0.2) is 24.5 Å². The van der Waals surface area contributed by atoms with Crippen LogP contribution in [0.3, 0.4) is 0 Å². The van der Waals surface area contributed by atoms with Crippen LogP contribution in [0.15, 0.2) is 55.6 Å². The Hall–Kier alpha value is -1.38. The predicted octanol–water partition coefficient (Wildman–Crippen LogP) is 3.17. The fraction of sp³-hybridized carbons (Fsp3) is 0.412. The molecule has 0 aliphatic heterocycles. The molecule has 0 saturated carbocycles. The lowest BCUT2D eigenvalue weighted by molar-refractivity contribution is 0.197. The van der Waals surface area contributed by atoms with Gasteiger partial charge in [-0.3, -0.25) is 4.90 Å². The van der Waals surface area contributed by atoms with Crippen molar-refractivity contribution in [3.63, 3.8) is 0 Å². The van der Waals surface area contributed by atoms with E-state index in [0.717, 1.165) is 19.6 Å². The zero-order valence-corrected chi connectivity index (χ0v) is 12.2. The van der Waals surface area contributed by atoms with Crippen LogP contribution in [0.4, 0.5) is 0 Å².